The summed E-state index contributed by atoms with van der Waals surface area (Å²) in [7, 11) is 0. The van der Waals surface area contributed by atoms with Crippen molar-refractivity contribution in [3.63, 3.8) is 0 Å². The van der Waals surface area contributed by atoms with Gasteiger partial charge in [-0.3, -0.25) is 4.79 Å². The molecule has 0 aliphatic rings. The van der Waals surface area contributed by atoms with Crippen LogP contribution in [0, 0.1) is 0 Å². The molecule has 9 heteroatoms. The van der Waals surface area contributed by atoms with Crippen LogP contribution in [0.2, 0.25) is 5.02 Å². The first-order valence-electron chi connectivity index (χ1n) is 6.04. The summed E-state index contributed by atoms with van der Waals surface area (Å²) >= 11 is 6.08. The van der Waals surface area contributed by atoms with Crippen LogP contribution in [0.3, 0.4) is 0 Å². The third-order valence-corrected chi connectivity index (χ3v) is 2.75. The van der Waals surface area contributed by atoms with Crippen molar-refractivity contribution in [2.24, 2.45) is 27.2 Å². The molecule has 0 radical (unpaired) electrons. The predicted molar refractivity (Wildman–Crippen MR) is 85.2 cm³/mol. The van der Waals surface area contributed by atoms with E-state index in [1.54, 1.807) is 18.2 Å². The molecule has 2 rings (SSSR count). The second-order valence-electron chi connectivity index (χ2n) is 4.10. The highest BCUT2D eigenvalue weighted by Gasteiger charge is 2.11. The molecule has 0 unspecified atom stereocenters. The van der Waals surface area contributed by atoms with Crippen molar-refractivity contribution < 1.29 is 9.21 Å². The summed E-state index contributed by atoms with van der Waals surface area (Å²) in [5.41, 5.74) is 16.7. The minimum Gasteiger partial charge on any atom is -0.459 e. The molecule has 22 heavy (non-hydrogen) atoms. The number of amides is 1. The van der Waals surface area contributed by atoms with Gasteiger partial charge < -0.3 is 26.9 Å². The molecular formula is C13H13ClN6O2. The number of carbonyl (C=O) groups excluding carboxylic acids is 1. The molecule has 0 saturated heterocycles. The second kappa shape index (κ2) is 6.64. The van der Waals surface area contributed by atoms with Crippen LogP contribution in [0.1, 0.15) is 10.6 Å². The van der Waals surface area contributed by atoms with Gasteiger partial charge in [-0.2, -0.15) is 4.99 Å². The fraction of sp³-hybridized carbons (Fsp3) is 0. The quantitative estimate of drug-likeness (QED) is 0.499. The minimum absolute atomic E-state index is 0.108. The van der Waals surface area contributed by atoms with Crippen molar-refractivity contribution in [2.45, 2.75) is 0 Å². The molecule has 0 aliphatic carbocycles. The van der Waals surface area contributed by atoms with Gasteiger partial charge in [0.25, 0.3) is 5.91 Å². The Kier molecular flexibility index (Phi) is 4.64. The zero-order chi connectivity index (χ0) is 16.1. The van der Waals surface area contributed by atoms with E-state index in [1.165, 1.54) is 18.4 Å². The standard InChI is InChI=1S/C13H13ClN6O2/c14-8-6-7(18-13(17)20-12(15)16)3-4-9(8)19-11(21)10-2-1-5-22-10/h1-6H,(H,19,21)(H6,15,16,17,18,20). The second-order valence-corrected chi connectivity index (χ2v) is 4.51. The number of halogens is 1. The van der Waals surface area contributed by atoms with E-state index in [0.717, 1.165) is 0 Å². The van der Waals surface area contributed by atoms with Crippen molar-refractivity contribution in [1.82, 2.24) is 0 Å². The van der Waals surface area contributed by atoms with Gasteiger partial charge in [-0.15, -0.1) is 0 Å². The molecule has 0 spiro atoms. The van der Waals surface area contributed by atoms with Gasteiger partial charge in [0.2, 0.25) is 5.96 Å². The van der Waals surface area contributed by atoms with Gasteiger partial charge in [0.05, 0.1) is 22.7 Å². The summed E-state index contributed by atoms with van der Waals surface area (Å²) in [6.07, 6.45) is 1.40. The van der Waals surface area contributed by atoms with E-state index in [9.17, 15) is 4.79 Å². The van der Waals surface area contributed by atoms with Crippen LogP contribution in [0.15, 0.2) is 51.0 Å². The highest BCUT2D eigenvalue weighted by Crippen LogP contribution is 2.27. The normalized spacial score (nSPS) is 11.0. The highest BCUT2D eigenvalue weighted by molar-refractivity contribution is 6.34. The topological polar surface area (TPSA) is 145 Å². The fourth-order valence-corrected chi connectivity index (χ4v) is 1.78. The molecule has 114 valence electrons. The molecule has 1 amide bonds. The lowest BCUT2D eigenvalue weighted by atomic mass is 10.2. The number of nitrogens with zero attached hydrogens (tertiary/aromatic N) is 2. The zero-order valence-electron chi connectivity index (χ0n) is 11.3. The van der Waals surface area contributed by atoms with Crippen LogP contribution in [0.25, 0.3) is 0 Å². The maximum atomic E-state index is 11.9. The van der Waals surface area contributed by atoms with Gasteiger partial charge in [0.15, 0.2) is 11.7 Å². The molecule has 0 bridgehead atoms. The highest BCUT2D eigenvalue weighted by atomic mass is 35.5. The molecule has 0 saturated carbocycles. The lowest BCUT2D eigenvalue weighted by Crippen LogP contribution is -2.26. The molecule has 1 aromatic heterocycles. The van der Waals surface area contributed by atoms with E-state index in [4.69, 9.17) is 33.2 Å². The summed E-state index contributed by atoms with van der Waals surface area (Å²) in [6.45, 7) is 0. The van der Waals surface area contributed by atoms with Gasteiger partial charge in [0, 0.05) is 0 Å². The molecule has 8 nitrogen and oxygen atoms in total. The molecule has 0 atom stereocenters. The van der Waals surface area contributed by atoms with Crippen molar-refractivity contribution in [3.05, 3.63) is 47.4 Å². The maximum Gasteiger partial charge on any atom is 0.291 e. The molecular weight excluding hydrogens is 308 g/mol. The maximum absolute atomic E-state index is 11.9. The number of furan rings is 1. The summed E-state index contributed by atoms with van der Waals surface area (Å²) in [5.74, 6) is -0.545. The molecule has 0 fully saturated rings. The van der Waals surface area contributed by atoms with Crippen LogP contribution in [0.4, 0.5) is 11.4 Å². The van der Waals surface area contributed by atoms with Crippen molar-refractivity contribution in [1.29, 1.82) is 0 Å². The number of rotatable bonds is 3. The van der Waals surface area contributed by atoms with Crippen molar-refractivity contribution >= 4 is 40.8 Å². The van der Waals surface area contributed by atoms with Gasteiger partial charge in [0.1, 0.15) is 0 Å². The van der Waals surface area contributed by atoms with Gasteiger partial charge in [-0.1, -0.05) is 11.6 Å². The number of carbonyl (C=O) groups is 1. The van der Waals surface area contributed by atoms with Crippen LogP contribution < -0.4 is 22.5 Å². The number of guanidine groups is 2. The Hall–Kier alpha value is -3.00. The average molecular weight is 321 g/mol. The van der Waals surface area contributed by atoms with Crippen molar-refractivity contribution in [2.75, 3.05) is 5.32 Å². The van der Waals surface area contributed by atoms with Gasteiger partial charge in [-0.05, 0) is 30.3 Å². The van der Waals surface area contributed by atoms with E-state index in [0.29, 0.717) is 11.4 Å². The Labute approximate surface area is 130 Å². The summed E-state index contributed by atoms with van der Waals surface area (Å²) in [4.78, 5) is 19.4. The first-order chi connectivity index (χ1) is 10.5. The fourth-order valence-electron chi connectivity index (χ4n) is 1.56. The Morgan fingerprint density at radius 2 is 2.00 bits per heavy atom. The third-order valence-electron chi connectivity index (χ3n) is 2.43. The van der Waals surface area contributed by atoms with E-state index >= 15 is 0 Å². The number of anilines is 1. The van der Waals surface area contributed by atoms with E-state index in [2.05, 4.69) is 15.3 Å². The lowest BCUT2D eigenvalue weighted by molar-refractivity contribution is 0.0996. The van der Waals surface area contributed by atoms with Crippen LogP contribution in [-0.2, 0) is 0 Å². The van der Waals surface area contributed by atoms with Crippen molar-refractivity contribution in [3.8, 4) is 0 Å². The monoisotopic (exact) mass is 320 g/mol. The van der Waals surface area contributed by atoms with Gasteiger partial charge >= 0.3 is 0 Å². The number of nitrogens with one attached hydrogen (secondary N) is 1. The predicted octanol–water partition coefficient (Wildman–Crippen LogP) is 1.40. The molecule has 1 aromatic carbocycles. The Morgan fingerprint density at radius 1 is 1.23 bits per heavy atom. The average Bonchev–Trinajstić information content (AvgIpc) is 2.94. The molecule has 7 N–H and O–H groups in total. The first kappa shape index (κ1) is 15.4. The Bertz CT molecular complexity index is 735. The number of hydrogen-bond donors (Lipinski definition) is 4. The molecule has 0 aliphatic heterocycles. The molecule has 1 heterocycles. The van der Waals surface area contributed by atoms with Crippen LogP contribution in [-0.4, -0.2) is 17.8 Å². The summed E-state index contributed by atoms with van der Waals surface area (Å²) < 4.78 is 4.99. The van der Waals surface area contributed by atoms with Crippen LogP contribution >= 0.6 is 11.6 Å². The van der Waals surface area contributed by atoms with E-state index < -0.39 is 5.91 Å². The largest absolute Gasteiger partial charge is 0.459 e. The first-order valence-corrected chi connectivity index (χ1v) is 6.41. The van der Waals surface area contributed by atoms with E-state index in [1.807, 2.05) is 0 Å². The number of benzene rings is 1. The minimum atomic E-state index is -0.414. The summed E-state index contributed by atoms with van der Waals surface area (Å²) in [6, 6.07) is 7.83. The number of aliphatic imine (C=N–C) groups is 2. The van der Waals surface area contributed by atoms with Crippen LogP contribution in [0.5, 0.6) is 0 Å². The number of nitrogens with two attached hydrogens (primary N) is 3. The lowest BCUT2D eigenvalue weighted by Gasteiger charge is -2.06. The number of hydrogen-bond acceptors (Lipinski definition) is 3. The Balaban J connectivity index is 2.16. The third kappa shape index (κ3) is 4.00. The SMILES string of the molecule is NC(N)=NC(N)=Nc1ccc(NC(=O)c2ccco2)c(Cl)c1. The Morgan fingerprint density at radius 3 is 2.59 bits per heavy atom. The van der Waals surface area contributed by atoms with E-state index in [-0.39, 0.29) is 22.7 Å². The zero-order valence-corrected chi connectivity index (χ0v) is 12.0. The smallest absolute Gasteiger partial charge is 0.291 e. The molecule has 2 aromatic rings. The van der Waals surface area contributed by atoms with Gasteiger partial charge in [-0.25, -0.2) is 4.99 Å². The summed E-state index contributed by atoms with van der Waals surface area (Å²) in [5, 5.41) is 2.89.